The second-order valence-corrected chi connectivity index (χ2v) is 6.19. The molecule has 1 aliphatic rings. The van der Waals surface area contributed by atoms with Gasteiger partial charge < -0.3 is 19.7 Å². The summed E-state index contributed by atoms with van der Waals surface area (Å²) in [6.45, 7) is 2.45. The molecule has 0 aromatic heterocycles. The molecule has 0 aliphatic carbocycles. The zero-order valence-corrected chi connectivity index (χ0v) is 14.9. The summed E-state index contributed by atoms with van der Waals surface area (Å²) in [5.41, 5.74) is 1.91. The Balaban J connectivity index is 1.59. The number of carbonyl (C=O) groups excluding carboxylic acids is 2. The monoisotopic (exact) mass is 374 g/mol. The predicted molar refractivity (Wildman–Crippen MR) is 99.8 cm³/mol. The summed E-state index contributed by atoms with van der Waals surface area (Å²) in [6.07, 6.45) is 0. The van der Waals surface area contributed by atoms with Crippen molar-refractivity contribution < 1.29 is 19.1 Å². The van der Waals surface area contributed by atoms with Crippen LogP contribution in [0.15, 0.2) is 48.5 Å². The number of nitrogens with one attached hydrogen (secondary N) is 1. The highest BCUT2D eigenvalue weighted by Crippen LogP contribution is 2.26. The summed E-state index contributed by atoms with van der Waals surface area (Å²) >= 11 is 5.85. The number of benzene rings is 2. The van der Waals surface area contributed by atoms with Crippen LogP contribution in [0.1, 0.15) is 10.4 Å². The Morgan fingerprint density at radius 1 is 1.12 bits per heavy atom. The lowest BCUT2D eigenvalue weighted by molar-refractivity contribution is -0.119. The van der Waals surface area contributed by atoms with E-state index in [1.165, 1.54) is 6.07 Å². The van der Waals surface area contributed by atoms with E-state index >= 15 is 0 Å². The quantitative estimate of drug-likeness (QED) is 0.815. The van der Waals surface area contributed by atoms with Crippen LogP contribution in [0.3, 0.4) is 0 Å². The number of morpholine rings is 1. The standard InChI is InChI=1S/C19H19ClN2O4/c20-15-5-3-4-14(12-15)19(24)26-13-18(23)21-16-6-1-2-7-17(16)22-8-10-25-11-9-22/h1-7,12H,8-11,13H2,(H,21,23). The largest absolute Gasteiger partial charge is 0.452 e. The fourth-order valence-electron chi connectivity index (χ4n) is 2.68. The first-order valence-corrected chi connectivity index (χ1v) is 8.65. The minimum atomic E-state index is -0.593. The van der Waals surface area contributed by atoms with E-state index in [9.17, 15) is 9.59 Å². The van der Waals surface area contributed by atoms with E-state index in [0.717, 1.165) is 18.8 Å². The minimum absolute atomic E-state index is 0.305. The first-order valence-electron chi connectivity index (χ1n) is 8.28. The van der Waals surface area contributed by atoms with E-state index in [1.54, 1.807) is 18.2 Å². The number of anilines is 2. The Bertz CT molecular complexity index is 791. The lowest BCUT2D eigenvalue weighted by atomic mass is 10.2. The molecule has 0 saturated carbocycles. The summed E-state index contributed by atoms with van der Waals surface area (Å²) < 4.78 is 10.4. The topological polar surface area (TPSA) is 67.9 Å². The first-order chi connectivity index (χ1) is 12.6. The molecule has 1 saturated heterocycles. The van der Waals surface area contributed by atoms with Gasteiger partial charge in [0.05, 0.1) is 30.2 Å². The Hall–Kier alpha value is -2.57. The molecular weight excluding hydrogens is 356 g/mol. The van der Waals surface area contributed by atoms with Gasteiger partial charge >= 0.3 is 5.97 Å². The maximum absolute atomic E-state index is 12.2. The van der Waals surface area contributed by atoms with Crippen LogP contribution in [0.25, 0.3) is 0 Å². The molecule has 2 aromatic carbocycles. The zero-order chi connectivity index (χ0) is 18.4. The van der Waals surface area contributed by atoms with Crippen molar-refractivity contribution in [1.29, 1.82) is 0 Å². The van der Waals surface area contributed by atoms with Crippen LogP contribution in [0.4, 0.5) is 11.4 Å². The lowest BCUT2D eigenvalue weighted by Crippen LogP contribution is -2.36. The fraction of sp³-hybridized carbons (Fsp3) is 0.263. The minimum Gasteiger partial charge on any atom is -0.452 e. The second kappa shape index (κ2) is 8.69. The number of hydrogen-bond donors (Lipinski definition) is 1. The van der Waals surface area contributed by atoms with Crippen LogP contribution >= 0.6 is 11.6 Å². The van der Waals surface area contributed by atoms with E-state index < -0.39 is 11.9 Å². The fourth-order valence-corrected chi connectivity index (χ4v) is 2.87. The summed E-state index contributed by atoms with van der Waals surface area (Å²) in [4.78, 5) is 26.3. The number of esters is 1. The van der Waals surface area contributed by atoms with Crippen molar-refractivity contribution in [2.24, 2.45) is 0 Å². The summed E-state index contributed by atoms with van der Waals surface area (Å²) in [5.74, 6) is -0.995. The van der Waals surface area contributed by atoms with Gasteiger partial charge in [0.1, 0.15) is 0 Å². The maximum atomic E-state index is 12.2. The van der Waals surface area contributed by atoms with E-state index in [2.05, 4.69) is 10.2 Å². The van der Waals surface area contributed by atoms with Crippen LogP contribution in [0.5, 0.6) is 0 Å². The van der Waals surface area contributed by atoms with Crippen molar-refractivity contribution in [2.75, 3.05) is 43.1 Å². The third kappa shape index (κ3) is 4.74. The number of para-hydroxylation sites is 2. The highest BCUT2D eigenvalue weighted by Gasteiger charge is 2.16. The third-order valence-electron chi connectivity index (χ3n) is 3.92. The van der Waals surface area contributed by atoms with E-state index in [-0.39, 0.29) is 6.61 Å². The Morgan fingerprint density at radius 3 is 2.65 bits per heavy atom. The van der Waals surface area contributed by atoms with Gasteiger partial charge in [-0.3, -0.25) is 4.79 Å². The van der Waals surface area contributed by atoms with Crippen LogP contribution in [0, 0.1) is 0 Å². The lowest BCUT2D eigenvalue weighted by Gasteiger charge is -2.30. The molecule has 1 N–H and O–H groups in total. The number of carbonyl (C=O) groups is 2. The molecule has 26 heavy (non-hydrogen) atoms. The summed E-state index contributed by atoms with van der Waals surface area (Å²) in [5, 5.41) is 3.23. The molecule has 0 radical (unpaired) electrons. The normalized spacial score (nSPS) is 14.0. The van der Waals surface area contributed by atoms with E-state index in [0.29, 0.717) is 29.5 Å². The molecule has 1 heterocycles. The van der Waals surface area contributed by atoms with E-state index in [4.69, 9.17) is 21.1 Å². The highest BCUT2D eigenvalue weighted by molar-refractivity contribution is 6.30. The Kier molecular flexibility index (Phi) is 6.09. The Morgan fingerprint density at radius 2 is 1.88 bits per heavy atom. The smallest absolute Gasteiger partial charge is 0.338 e. The molecule has 0 bridgehead atoms. The second-order valence-electron chi connectivity index (χ2n) is 5.75. The molecule has 0 spiro atoms. The maximum Gasteiger partial charge on any atom is 0.338 e. The van der Waals surface area contributed by atoms with Gasteiger partial charge in [0.2, 0.25) is 0 Å². The average Bonchev–Trinajstić information content (AvgIpc) is 2.67. The van der Waals surface area contributed by atoms with Crippen LogP contribution in [-0.2, 0) is 14.3 Å². The van der Waals surface area contributed by atoms with Crippen LogP contribution in [0.2, 0.25) is 5.02 Å². The molecule has 2 aromatic rings. The van der Waals surface area contributed by atoms with Gasteiger partial charge in [0.15, 0.2) is 6.61 Å². The van der Waals surface area contributed by atoms with Gasteiger partial charge in [-0.2, -0.15) is 0 Å². The molecule has 3 rings (SSSR count). The SMILES string of the molecule is O=C(COC(=O)c1cccc(Cl)c1)Nc1ccccc1N1CCOCC1. The van der Waals surface area contributed by atoms with Gasteiger partial charge in [-0.15, -0.1) is 0 Å². The van der Waals surface area contributed by atoms with Gasteiger partial charge in [0, 0.05) is 18.1 Å². The Labute approximate surface area is 156 Å². The third-order valence-corrected chi connectivity index (χ3v) is 4.16. The van der Waals surface area contributed by atoms with Crippen molar-refractivity contribution in [3.05, 3.63) is 59.1 Å². The van der Waals surface area contributed by atoms with Crippen LogP contribution < -0.4 is 10.2 Å². The number of halogens is 1. The van der Waals surface area contributed by atoms with Crippen molar-refractivity contribution in [3.63, 3.8) is 0 Å². The molecule has 1 amide bonds. The van der Waals surface area contributed by atoms with E-state index in [1.807, 2.05) is 24.3 Å². The molecule has 0 unspecified atom stereocenters. The molecule has 0 atom stereocenters. The highest BCUT2D eigenvalue weighted by atomic mass is 35.5. The molecule has 6 nitrogen and oxygen atoms in total. The van der Waals surface area contributed by atoms with Crippen molar-refractivity contribution in [2.45, 2.75) is 0 Å². The number of rotatable bonds is 5. The zero-order valence-electron chi connectivity index (χ0n) is 14.1. The van der Waals surface area contributed by atoms with Crippen molar-refractivity contribution in [1.82, 2.24) is 0 Å². The number of nitrogens with zero attached hydrogens (tertiary/aromatic N) is 1. The van der Waals surface area contributed by atoms with Gasteiger partial charge in [-0.25, -0.2) is 4.79 Å². The van der Waals surface area contributed by atoms with Gasteiger partial charge in [-0.1, -0.05) is 29.8 Å². The molecule has 136 valence electrons. The van der Waals surface area contributed by atoms with Crippen molar-refractivity contribution in [3.8, 4) is 0 Å². The van der Waals surface area contributed by atoms with Crippen LogP contribution in [-0.4, -0.2) is 44.8 Å². The van der Waals surface area contributed by atoms with Gasteiger partial charge in [-0.05, 0) is 30.3 Å². The summed E-state index contributed by atoms with van der Waals surface area (Å²) in [6, 6.07) is 13.9. The van der Waals surface area contributed by atoms with Gasteiger partial charge in [0.25, 0.3) is 5.91 Å². The number of hydrogen-bond acceptors (Lipinski definition) is 5. The molecular formula is C19H19ClN2O4. The summed E-state index contributed by atoms with van der Waals surface area (Å²) in [7, 11) is 0. The van der Waals surface area contributed by atoms with Crippen molar-refractivity contribution >= 4 is 34.9 Å². The number of amides is 1. The molecule has 1 fully saturated rings. The molecule has 7 heteroatoms. The number of ether oxygens (including phenoxy) is 2. The molecule has 1 aliphatic heterocycles. The first kappa shape index (κ1) is 18.2. The predicted octanol–water partition coefficient (Wildman–Crippen LogP) is 2.97. The average molecular weight is 375 g/mol.